The highest BCUT2D eigenvalue weighted by atomic mass is 16.4. The van der Waals surface area contributed by atoms with E-state index in [0.29, 0.717) is 24.6 Å². The zero-order valence-corrected chi connectivity index (χ0v) is 10.5. The maximum atomic E-state index is 11.7. The summed E-state index contributed by atoms with van der Waals surface area (Å²) in [5.74, 6) is -0.752. The number of carbonyl (C=O) groups is 2. The van der Waals surface area contributed by atoms with Gasteiger partial charge in [-0.3, -0.25) is 4.79 Å². The predicted octanol–water partition coefficient (Wildman–Crippen LogP) is -0.996. The maximum Gasteiger partial charge on any atom is 0.358 e. The monoisotopic (exact) mass is 267 g/mol. The molecule has 1 fully saturated rings. The van der Waals surface area contributed by atoms with Crippen molar-refractivity contribution in [1.82, 2.24) is 20.3 Å². The molecule has 1 aromatic heterocycles. The molecule has 0 bridgehead atoms. The van der Waals surface area contributed by atoms with Crippen LogP contribution in [0.3, 0.4) is 0 Å². The van der Waals surface area contributed by atoms with Crippen LogP contribution in [0.5, 0.6) is 0 Å². The second-order valence-corrected chi connectivity index (χ2v) is 4.63. The molecule has 1 aliphatic carbocycles. The van der Waals surface area contributed by atoms with E-state index in [-0.39, 0.29) is 24.7 Å². The van der Waals surface area contributed by atoms with Crippen LogP contribution >= 0.6 is 0 Å². The summed E-state index contributed by atoms with van der Waals surface area (Å²) in [6.45, 7) is 0.922. The average Bonchev–Trinajstić information content (AvgIpc) is 3.11. The van der Waals surface area contributed by atoms with Gasteiger partial charge in [-0.25, -0.2) is 9.48 Å². The first-order valence-corrected chi connectivity index (χ1v) is 6.24. The molecular formula is C11H17N5O3. The van der Waals surface area contributed by atoms with E-state index in [1.165, 1.54) is 4.68 Å². The summed E-state index contributed by atoms with van der Waals surface area (Å²) in [6, 6.07) is 0. The summed E-state index contributed by atoms with van der Waals surface area (Å²) < 4.78 is 1.30. The van der Waals surface area contributed by atoms with Gasteiger partial charge in [0, 0.05) is 13.0 Å². The molecule has 104 valence electrons. The third kappa shape index (κ3) is 3.50. The maximum absolute atomic E-state index is 11.7. The molecule has 19 heavy (non-hydrogen) atoms. The van der Waals surface area contributed by atoms with Crippen LogP contribution in [0.1, 0.15) is 29.0 Å². The van der Waals surface area contributed by atoms with Crippen molar-refractivity contribution in [2.45, 2.75) is 25.8 Å². The van der Waals surface area contributed by atoms with Crippen molar-refractivity contribution in [2.24, 2.45) is 11.7 Å². The zero-order valence-electron chi connectivity index (χ0n) is 10.5. The van der Waals surface area contributed by atoms with E-state index in [1.807, 2.05) is 0 Å². The summed E-state index contributed by atoms with van der Waals surface area (Å²) in [4.78, 5) is 22.7. The molecule has 4 N–H and O–H groups in total. The molecule has 2 rings (SSSR count). The average molecular weight is 267 g/mol. The Kier molecular flexibility index (Phi) is 4.10. The van der Waals surface area contributed by atoms with Gasteiger partial charge in [0.05, 0.1) is 5.69 Å². The van der Waals surface area contributed by atoms with Gasteiger partial charge < -0.3 is 16.2 Å². The summed E-state index contributed by atoms with van der Waals surface area (Å²) in [5.41, 5.74) is 5.68. The largest absolute Gasteiger partial charge is 0.476 e. The van der Waals surface area contributed by atoms with Crippen LogP contribution in [-0.4, -0.2) is 45.1 Å². The van der Waals surface area contributed by atoms with E-state index in [4.69, 9.17) is 10.8 Å². The standard InChI is InChI=1S/C11H17N5O3/c12-4-3-8-10(11(18)19)14-15-16(8)6-9(17)13-5-7-1-2-7/h7H,1-6,12H2,(H,13,17)(H,18,19). The lowest BCUT2D eigenvalue weighted by Crippen LogP contribution is -2.30. The Balaban J connectivity index is 2.01. The van der Waals surface area contributed by atoms with Crippen molar-refractivity contribution in [2.75, 3.05) is 13.1 Å². The van der Waals surface area contributed by atoms with Crippen molar-refractivity contribution in [3.63, 3.8) is 0 Å². The Morgan fingerprint density at radius 3 is 2.79 bits per heavy atom. The molecule has 0 spiro atoms. The van der Waals surface area contributed by atoms with Crippen LogP contribution in [0.4, 0.5) is 0 Å². The Labute approximate surface area is 110 Å². The number of rotatable bonds is 7. The van der Waals surface area contributed by atoms with Crippen LogP contribution in [-0.2, 0) is 17.8 Å². The molecule has 1 aliphatic rings. The fraction of sp³-hybridized carbons (Fsp3) is 0.636. The molecule has 0 aliphatic heterocycles. The fourth-order valence-electron chi connectivity index (χ4n) is 1.78. The van der Waals surface area contributed by atoms with E-state index in [1.54, 1.807) is 0 Å². The van der Waals surface area contributed by atoms with Gasteiger partial charge in [0.15, 0.2) is 5.69 Å². The van der Waals surface area contributed by atoms with Gasteiger partial charge in [-0.05, 0) is 25.3 Å². The third-order valence-electron chi connectivity index (χ3n) is 3.00. The number of carboxylic acids is 1. The molecule has 0 atom stereocenters. The number of carboxylic acid groups (broad SMARTS) is 1. The number of amides is 1. The lowest BCUT2D eigenvalue weighted by Gasteiger charge is -2.07. The molecular weight excluding hydrogens is 250 g/mol. The molecule has 1 amide bonds. The minimum atomic E-state index is -1.16. The van der Waals surface area contributed by atoms with Crippen molar-refractivity contribution < 1.29 is 14.7 Å². The summed E-state index contributed by atoms with van der Waals surface area (Å²) in [5, 5.41) is 19.0. The minimum Gasteiger partial charge on any atom is -0.476 e. The van der Waals surface area contributed by atoms with Crippen LogP contribution in [0.25, 0.3) is 0 Å². The number of hydrogen-bond donors (Lipinski definition) is 3. The zero-order chi connectivity index (χ0) is 13.8. The van der Waals surface area contributed by atoms with Gasteiger partial charge in [-0.2, -0.15) is 0 Å². The van der Waals surface area contributed by atoms with Crippen LogP contribution in [0, 0.1) is 5.92 Å². The highest BCUT2D eigenvalue weighted by molar-refractivity contribution is 5.86. The molecule has 0 unspecified atom stereocenters. The highest BCUT2D eigenvalue weighted by Gasteiger charge is 2.23. The highest BCUT2D eigenvalue weighted by Crippen LogP contribution is 2.27. The number of nitrogens with two attached hydrogens (primary N) is 1. The third-order valence-corrected chi connectivity index (χ3v) is 3.00. The van der Waals surface area contributed by atoms with Gasteiger partial charge in [0.2, 0.25) is 5.91 Å². The normalized spacial score (nSPS) is 14.4. The SMILES string of the molecule is NCCc1c(C(=O)O)nnn1CC(=O)NCC1CC1. The van der Waals surface area contributed by atoms with E-state index in [0.717, 1.165) is 12.8 Å². The van der Waals surface area contributed by atoms with E-state index >= 15 is 0 Å². The van der Waals surface area contributed by atoms with Gasteiger partial charge in [-0.15, -0.1) is 5.10 Å². The van der Waals surface area contributed by atoms with Gasteiger partial charge in [0.25, 0.3) is 0 Å². The van der Waals surface area contributed by atoms with E-state index < -0.39 is 5.97 Å². The van der Waals surface area contributed by atoms with Crippen LogP contribution in [0.15, 0.2) is 0 Å². The Morgan fingerprint density at radius 2 is 2.21 bits per heavy atom. The molecule has 1 aromatic rings. The van der Waals surface area contributed by atoms with Crippen LogP contribution < -0.4 is 11.1 Å². The number of nitrogens with zero attached hydrogens (tertiary/aromatic N) is 3. The quantitative estimate of drug-likeness (QED) is 0.582. The molecule has 1 heterocycles. The second kappa shape index (κ2) is 5.79. The van der Waals surface area contributed by atoms with Crippen molar-refractivity contribution in [1.29, 1.82) is 0 Å². The van der Waals surface area contributed by atoms with Crippen LogP contribution in [0.2, 0.25) is 0 Å². The Hall–Kier alpha value is -1.96. The second-order valence-electron chi connectivity index (χ2n) is 4.63. The first kappa shape index (κ1) is 13.5. The number of carbonyl (C=O) groups excluding carboxylic acids is 1. The topological polar surface area (TPSA) is 123 Å². The van der Waals surface area contributed by atoms with Gasteiger partial charge in [0.1, 0.15) is 6.54 Å². The van der Waals surface area contributed by atoms with Crippen molar-refractivity contribution in [3.05, 3.63) is 11.4 Å². The first-order chi connectivity index (χ1) is 9.11. The van der Waals surface area contributed by atoms with Gasteiger partial charge in [-0.1, -0.05) is 5.21 Å². The number of nitrogens with one attached hydrogen (secondary N) is 1. The molecule has 8 nitrogen and oxygen atoms in total. The van der Waals surface area contributed by atoms with Crippen molar-refractivity contribution in [3.8, 4) is 0 Å². The van der Waals surface area contributed by atoms with Crippen molar-refractivity contribution >= 4 is 11.9 Å². The molecule has 8 heteroatoms. The Bertz CT molecular complexity index is 481. The van der Waals surface area contributed by atoms with E-state index in [2.05, 4.69) is 15.6 Å². The predicted molar refractivity (Wildman–Crippen MR) is 65.5 cm³/mol. The molecule has 0 saturated heterocycles. The number of aromatic nitrogens is 3. The summed E-state index contributed by atoms with van der Waals surface area (Å²) in [7, 11) is 0. The lowest BCUT2D eigenvalue weighted by molar-refractivity contribution is -0.121. The van der Waals surface area contributed by atoms with E-state index in [9.17, 15) is 9.59 Å². The molecule has 0 radical (unpaired) electrons. The molecule has 0 aromatic carbocycles. The number of aromatic carboxylic acids is 1. The smallest absolute Gasteiger partial charge is 0.358 e. The summed E-state index contributed by atoms with van der Waals surface area (Å²) >= 11 is 0. The van der Waals surface area contributed by atoms with Gasteiger partial charge >= 0.3 is 5.97 Å². The molecule has 1 saturated carbocycles. The fourth-order valence-corrected chi connectivity index (χ4v) is 1.78. The first-order valence-electron chi connectivity index (χ1n) is 6.24. The number of hydrogen-bond acceptors (Lipinski definition) is 5. The minimum absolute atomic E-state index is 0.0255. The lowest BCUT2D eigenvalue weighted by atomic mass is 10.2. The Morgan fingerprint density at radius 1 is 1.47 bits per heavy atom. The summed E-state index contributed by atoms with van der Waals surface area (Å²) in [6.07, 6.45) is 2.64.